The largest absolute Gasteiger partial charge is 0.401 e. The van der Waals surface area contributed by atoms with Gasteiger partial charge in [-0.1, -0.05) is 0 Å². The lowest BCUT2D eigenvalue weighted by atomic mass is 10.2. The Kier molecular flexibility index (Phi) is 6.00. The summed E-state index contributed by atoms with van der Waals surface area (Å²) in [6.45, 7) is -0.397. The number of hydrogen-bond acceptors (Lipinski definition) is 5. The Morgan fingerprint density at radius 3 is 2.19 bits per heavy atom. The minimum Gasteiger partial charge on any atom is -0.339 e. The lowest BCUT2D eigenvalue weighted by Gasteiger charge is -2.36. The predicted octanol–water partition coefficient (Wildman–Crippen LogP) is -0.545. The van der Waals surface area contributed by atoms with Gasteiger partial charge in [0, 0.05) is 32.4 Å². The Labute approximate surface area is 122 Å². The lowest BCUT2D eigenvalue weighted by Crippen LogP contribution is -2.54. The van der Waals surface area contributed by atoms with Crippen molar-refractivity contribution in [2.75, 3.05) is 44.7 Å². The van der Waals surface area contributed by atoms with Crippen molar-refractivity contribution in [1.29, 1.82) is 0 Å². The molecule has 1 aliphatic rings. The van der Waals surface area contributed by atoms with Gasteiger partial charge in [-0.15, -0.1) is 0 Å². The van der Waals surface area contributed by atoms with Crippen LogP contribution in [0.3, 0.4) is 0 Å². The monoisotopic (exact) mass is 331 g/mol. The number of hydrogen-bond donors (Lipinski definition) is 1. The van der Waals surface area contributed by atoms with Crippen molar-refractivity contribution in [2.45, 2.75) is 18.6 Å². The van der Waals surface area contributed by atoms with Crippen molar-refractivity contribution in [3.05, 3.63) is 0 Å². The first-order valence-corrected chi connectivity index (χ1v) is 8.55. The van der Waals surface area contributed by atoms with Crippen LogP contribution in [-0.4, -0.2) is 81.1 Å². The lowest BCUT2D eigenvalue weighted by molar-refractivity contribution is -0.152. The number of carbonyl (C=O) groups is 1. The molecular formula is C11H20F3N3O3S. The second-order valence-electron chi connectivity index (χ2n) is 5.24. The third kappa shape index (κ3) is 7.09. The van der Waals surface area contributed by atoms with E-state index in [0.29, 0.717) is 0 Å². The molecule has 1 fully saturated rings. The molecule has 124 valence electrons. The Morgan fingerprint density at radius 2 is 1.76 bits per heavy atom. The summed E-state index contributed by atoms with van der Waals surface area (Å²) in [5, 5.41) is 0. The molecule has 1 unspecified atom stereocenters. The number of nitrogens with zero attached hydrogens (tertiary/aromatic N) is 2. The standard InChI is InChI=1S/C11H20F3N3O3S/c1-21(19,20)7-2-9(15)10(18)17-5-3-16(4-6-17)8-11(12,13)14/h9H,2-8,15H2,1H3. The van der Waals surface area contributed by atoms with E-state index in [9.17, 15) is 26.4 Å². The second kappa shape index (κ2) is 6.93. The molecular weight excluding hydrogens is 311 g/mol. The number of sulfone groups is 1. The molecule has 0 aliphatic carbocycles. The molecule has 6 nitrogen and oxygen atoms in total. The van der Waals surface area contributed by atoms with Gasteiger partial charge in [0.1, 0.15) is 9.84 Å². The third-order valence-corrected chi connectivity index (χ3v) is 4.18. The van der Waals surface area contributed by atoms with Crippen LogP contribution in [0.2, 0.25) is 0 Å². The van der Waals surface area contributed by atoms with Gasteiger partial charge in [0.25, 0.3) is 0 Å². The van der Waals surface area contributed by atoms with E-state index in [2.05, 4.69) is 0 Å². The highest BCUT2D eigenvalue weighted by molar-refractivity contribution is 7.90. The van der Waals surface area contributed by atoms with Crippen molar-refractivity contribution in [2.24, 2.45) is 5.73 Å². The van der Waals surface area contributed by atoms with Gasteiger partial charge in [-0.2, -0.15) is 13.2 Å². The van der Waals surface area contributed by atoms with E-state index in [1.807, 2.05) is 0 Å². The Morgan fingerprint density at radius 1 is 1.24 bits per heavy atom. The average molecular weight is 331 g/mol. The number of nitrogens with two attached hydrogens (primary N) is 1. The highest BCUT2D eigenvalue weighted by atomic mass is 32.2. The highest BCUT2D eigenvalue weighted by Gasteiger charge is 2.33. The van der Waals surface area contributed by atoms with Gasteiger partial charge in [-0.05, 0) is 6.42 Å². The smallest absolute Gasteiger partial charge is 0.339 e. The van der Waals surface area contributed by atoms with Crippen molar-refractivity contribution in [1.82, 2.24) is 9.80 Å². The molecule has 0 spiro atoms. The van der Waals surface area contributed by atoms with E-state index >= 15 is 0 Å². The number of amides is 1. The zero-order valence-corrected chi connectivity index (χ0v) is 12.6. The van der Waals surface area contributed by atoms with Gasteiger partial charge in [0.15, 0.2) is 0 Å². The summed E-state index contributed by atoms with van der Waals surface area (Å²) in [6, 6.07) is -0.936. The van der Waals surface area contributed by atoms with Crippen LogP contribution in [0.4, 0.5) is 13.2 Å². The maximum atomic E-state index is 12.2. The minimum atomic E-state index is -4.25. The van der Waals surface area contributed by atoms with Gasteiger partial charge in [0.2, 0.25) is 5.91 Å². The maximum Gasteiger partial charge on any atom is 0.401 e. The molecule has 2 N–H and O–H groups in total. The Bertz CT molecular complexity index is 459. The van der Waals surface area contributed by atoms with Gasteiger partial charge >= 0.3 is 6.18 Å². The van der Waals surface area contributed by atoms with Crippen LogP contribution >= 0.6 is 0 Å². The second-order valence-corrected chi connectivity index (χ2v) is 7.50. The van der Waals surface area contributed by atoms with E-state index in [1.54, 1.807) is 0 Å². The molecule has 1 aliphatic heterocycles. The Hall–Kier alpha value is -0.870. The van der Waals surface area contributed by atoms with Crippen LogP contribution in [-0.2, 0) is 14.6 Å². The Balaban J connectivity index is 2.41. The molecule has 0 bridgehead atoms. The molecule has 1 amide bonds. The zero-order chi connectivity index (χ0) is 16.3. The fourth-order valence-corrected chi connectivity index (χ4v) is 2.76. The summed E-state index contributed by atoms with van der Waals surface area (Å²) in [7, 11) is -3.20. The first-order chi connectivity index (χ1) is 9.48. The van der Waals surface area contributed by atoms with Crippen molar-refractivity contribution >= 4 is 15.7 Å². The first-order valence-electron chi connectivity index (χ1n) is 6.49. The average Bonchev–Trinajstić information content (AvgIpc) is 2.33. The van der Waals surface area contributed by atoms with E-state index < -0.39 is 34.5 Å². The van der Waals surface area contributed by atoms with Gasteiger partial charge in [-0.3, -0.25) is 9.69 Å². The SMILES string of the molecule is CS(=O)(=O)CCC(N)C(=O)N1CCN(CC(F)(F)F)CC1. The van der Waals surface area contributed by atoms with E-state index in [1.165, 1.54) is 9.80 Å². The molecule has 1 atom stereocenters. The van der Waals surface area contributed by atoms with Crippen LogP contribution in [0.15, 0.2) is 0 Å². The highest BCUT2D eigenvalue weighted by Crippen LogP contribution is 2.17. The van der Waals surface area contributed by atoms with Gasteiger partial charge in [-0.25, -0.2) is 8.42 Å². The number of piperazine rings is 1. The van der Waals surface area contributed by atoms with Crippen molar-refractivity contribution < 1.29 is 26.4 Å². The normalized spacial score (nSPS) is 19.6. The molecule has 10 heteroatoms. The molecule has 0 aromatic rings. The summed E-state index contributed by atoms with van der Waals surface area (Å²) < 4.78 is 58.7. The molecule has 1 rings (SSSR count). The first kappa shape index (κ1) is 18.2. The van der Waals surface area contributed by atoms with Crippen LogP contribution in [0.1, 0.15) is 6.42 Å². The number of halogens is 3. The molecule has 0 aromatic heterocycles. The van der Waals surface area contributed by atoms with Crippen LogP contribution in [0.25, 0.3) is 0 Å². The fourth-order valence-electron chi connectivity index (χ4n) is 2.08. The molecule has 0 aromatic carbocycles. The molecule has 0 radical (unpaired) electrons. The van der Waals surface area contributed by atoms with Crippen LogP contribution in [0, 0.1) is 0 Å². The molecule has 0 saturated carbocycles. The van der Waals surface area contributed by atoms with Crippen molar-refractivity contribution in [3.8, 4) is 0 Å². The number of carbonyl (C=O) groups excluding carboxylic acids is 1. The van der Waals surface area contributed by atoms with Gasteiger partial charge < -0.3 is 10.6 Å². The molecule has 21 heavy (non-hydrogen) atoms. The topological polar surface area (TPSA) is 83.7 Å². The number of rotatable bonds is 5. The summed E-state index contributed by atoms with van der Waals surface area (Å²) in [5.74, 6) is -0.598. The summed E-state index contributed by atoms with van der Waals surface area (Å²) >= 11 is 0. The van der Waals surface area contributed by atoms with Crippen molar-refractivity contribution in [3.63, 3.8) is 0 Å². The third-order valence-electron chi connectivity index (χ3n) is 3.20. The summed E-state index contributed by atoms with van der Waals surface area (Å²) in [5.41, 5.74) is 5.64. The van der Waals surface area contributed by atoms with E-state index in [0.717, 1.165) is 6.26 Å². The maximum absolute atomic E-state index is 12.2. The summed E-state index contributed by atoms with van der Waals surface area (Å²) in [6.07, 6.45) is -3.18. The van der Waals surface area contributed by atoms with Gasteiger partial charge in [0.05, 0.1) is 18.3 Å². The number of alkyl halides is 3. The molecule has 1 heterocycles. The van der Waals surface area contributed by atoms with Crippen LogP contribution < -0.4 is 5.73 Å². The predicted molar refractivity (Wildman–Crippen MR) is 71.4 cm³/mol. The molecule has 1 saturated heterocycles. The minimum absolute atomic E-state index is 0.0143. The van der Waals surface area contributed by atoms with Crippen LogP contribution in [0.5, 0.6) is 0 Å². The quantitative estimate of drug-likeness (QED) is 0.731. The fraction of sp³-hybridized carbons (Fsp3) is 0.909. The van der Waals surface area contributed by atoms with E-state index in [-0.39, 0.29) is 38.4 Å². The van der Waals surface area contributed by atoms with E-state index in [4.69, 9.17) is 5.73 Å². The zero-order valence-electron chi connectivity index (χ0n) is 11.8. The summed E-state index contributed by atoms with van der Waals surface area (Å²) in [4.78, 5) is 14.6.